The largest absolute Gasteiger partial charge is 0.208 e. The molecule has 0 fully saturated rings. The van der Waals surface area contributed by atoms with Crippen LogP contribution in [-0.2, 0) is 0 Å². The van der Waals surface area contributed by atoms with Gasteiger partial charge in [-0.25, -0.2) is 15.0 Å². The molecule has 0 amide bonds. The van der Waals surface area contributed by atoms with Crippen LogP contribution in [0.3, 0.4) is 0 Å². The smallest absolute Gasteiger partial charge is 0.165 e. The predicted octanol–water partition coefficient (Wildman–Crippen LogP) is 12.6. The molecule has 3 heterocycles. The van der Waals surface area contributed by atoms with E-state index in [0.717, 1.165) is 42.9 Å². The Hall–Kier alpha value is -5.20. The molecule has 0 saturated carbocycles. The highest BCUT2D eigenvalue weighted by atomic mass is 35.5. The van der Waals surface area contributed by atoms with E-state index in [1.807, 2.05) is 0 Å². The summed E-state index contributed by atoms with van der Waals surface area (Å²) in [6.07, 6.45) is 0. The van der Waals surface area contributed by atoms with E-state index >= 15 is 0 Å². The fourth-order valence-corrected chi connectivity index (χ4v) is 9.31. The molecule has 0 aliphatic rings. The summed E-state index contributed by atoms with van der Waals surface area (Å²) in [5.74, 6) is 1.81. The first-order valence-corrected chi connectivity index (χ1v) is 17.4. The number of aromatic nitrogens is 3. The van der Waals surface area contributed by atoms with Crippen LogP contribution >= 0.6 is 34.3 Å². The van der Waals surface area contributed by atoms with Crippen LogP contribution < -0.4 is 0 Å². The van der Waals surface area contributed by atoms with Crippen molar-refractivity contribution in [3.63, 3.8) is 0 Å². The molecule has 0 aliphatic heterocycles. The first-order chi connectivity index (χ1) is 23.2. The van der Waals surface area contributed by atoms with Gasteiger partial charge >= 0.3 is 0 Å². The van der Waals surface area contributed by atoms with E-state index < -0.39 is 0 Å². The van der Waals surface area contributed by atoms with E-state index in [9.17, 15) is 0 Å². The van der Waals surface area contributed by atoms with Crippen LogP contribution in [0.1, 0.15) is 0 Å². The lowest BCUT2D eigenvalue weighted by Gasteiger charge is -2.12. The molecule has 10 aromatic rings. The standard InChI is InChI=1S/C41H22ClN3S2/c42-33-21-31-30-19-24-10-1-2-11-25(24)20-36(30)47-37(31)22-32(33)41-44-39(27-15-7-12-23-9-3-4-13-26(23)27)43-40(45-41)29-16-8-18-35-38(29)28-14-5-6-17-34(28)46-35/h1-22H. The minimum Gasteiger partial charge on any atom is -0.208 e. The van der Waals surface area contributed by atoms with Gasteiger partial charge in [0.05, 0.1) is 5.02 Å². The molecule has 3 aromatic heterocycles. The zero-order valence-electron chi connectivity index (χ0n) is 24.7. The van der Waals surface area contributed by atoms with Crippen molar-refractivity contribution in [2.45, 2.75) is 0 Å². The van der Waals surface area contributed by atoms with Crippen molar-refractivity contribution < 1.29 is 0 Å². The van der Waals surface area contributed by atoms with E-state index in [1.54, 1.807) is 22.7 Å². The van der Waals surface area contributed by atoms with E-state index in [2.05, 4.69) is 133 Å². The van der Waals surface area contributed by atoms with Gasteiger partial charge in [0.25, 0.3) is 0 Å². The van der Waals surface area contributed by atoms with Crippen LogP contribution in [0.15, 0.2) is 133 Å². The minimum atomic E-state index is 0.559. The summed E-state index contributed by atoms with van der Waals surface area (Å²) >= 11 is 10.7. The van der Waals surface area contributed by atoms with E-state index in [-0.39, 0.29) is 0 Å². The van der Waals surface area contributed by atoms with Crippen LogP contribution in [0.4, 0.5) is 0 Å². The Labute approximate surface area is 282 Å². The van der Waals surface area contributed by atoms with Crippen LogP contribution in [0.2, 0.25) is 5.02 Å². The van der Waals surface area contributed by atoms with Crippen LogP contribution in [0, 0.1) is 0 Å². The lowest BCUT2D eigenvalue weighted by molar-refractivity contribution is 1.08. The molecule has 0 atom stereocenters. The van der Waals surface area contributed by atoms with Gasteiger partial charge in [-0.1, -0.05) is 109 Å². The van der Waals surface area contributed by atoms with Crippen LogP contribution in [0.25, 0.3) is 96.1 Å². The monoisotopic (exact) mass is 655 g/mol. The van der Waals surface area contributed by atoms with Gasteiger partial charge in [0.2, 0.25) is 0 Å². The number of hydrogen-bond donors (Lipinski definition) is 0. The molecule has 6 heteroatoms. The summed E-state index contributed by atoms with van der Waals surface area (Å²) in [5.41, 5.74) is 2.74. The Morgan fingerprint density at radius 1 is 0.383 bits per heavy atom. The molecule has 0 N–H and O–H groups in total. The van der Waals surface area contributed by atoms with Crippen molar-refractivity contribution in [1.82, 2.24) is 15.0 Å². The van der Waals surface area contributed by atoms with Crippen LogP contribution in [-0.4, -0.2) is 15.0 Å². The number of hydrogen-bond acceptors (Lipinski definition) is 5. The SMILES string of the molecule is Clc1cc2c(cc1-c1nc(-c3cccc4ccccc34)nc(-c3cccc4sc5ccccc5c34)n1)sc1cc3ccccc3cc12. The van der Waals surface area contributed by atoms with Crippen molar-refractivity contribution in [3.05, 3.63) is 138 Å². The molecule has 3 nitrogen and oxygen atoms in total. The van der Waals surface area contributed by atoms with Crippen molar-refractivity contribution >= 4 is 96.2 Å². The molecular weight excluding hydrogens is 634 g/mol. The Bertz CT molecular complexity index is 2880. The molecule has 0 saturated heterocycles. The minimum absolute atomic E-state index is 0.559. The number of thiophene rings is 2. The van der Waals surface area contributed by atoms with Gasteiger partial charge in [-0.15, -0.1) is 22.7 Å². The van der Waals surface area contributed by atoms with Gasteiger partial charge < -0.3 is 0 Å². The number of nitrogens with zero attached hydrogens (tertiary/aromatic N) is 3. The molecule has 47 heavy (non-hydrogen) atoms. The first kappa shape index (κ1) is 27.0. The van der Waals surface area contributed by atoms with Gasteiger partial charge in [0, 0.05) is 57.0 Å². The third-order valence-electron chi connectivity index (χ3n) is 8.98. The lowest BCUT2D eigenvalue weighted by atomic mass is 10.0. The average molecular weight is 656 g/mol. The zero-order chi connectivity index (χ0) is 31.1. The summed E-state index contributed by atoms with van der Waals surface area (Å²) < 4.78 is 4.82. The molecule has 0 unspecified atom stereocenters. The highest BCUT2D eigenvalue weighted by molar-refractivity contribution is 7.26. The maximum absolute atomic E-state index is 7.17. The van der Waals surface area contributed by atoms with Crippen molar-refractivity contribution in [2.24, 2.45) is 0 Å². The Kier molecular flexibility index (Phi) is 5.97. The van der Waals surface area contributed by atoms with Gasteiger partial charge in [-0.2, -0.15) is 0 Å². The van der Waals surface area contributed by atoms with E-state index in [4.69, 9.17) is 26.6 Å². The number of fused-ring (bicyclic) bond motifs is 8. The molecule has 0 bridgehead atoms. The molecule has 0 radical (unpaired) electrons. The maximum atomic E-state index is 7.17. The van der Waals surface area contributed by atoms with Crippen molar-refractivity contribution in [1.29, 1.82) is 0 Å². The van der Waals surface area contributed by atoms with Gasteiger partial charge in [-0.05, 0) is 57.9 Å². The highest BCUT2D eigenvalue weighted by Crippen LogP contribution is 2.43. The highest BCUT2D eigenvalue weighted by Gasteiger charge is 2.20. The summed E-state index contributed by atoms with van der Waals surface area (Å²) in [6.45, 7) is 0. The Morgan fingerprint density at radius 3 is 1.79 bits per heavy atom. The third-order valence-corrected chi connectivity index (χ3v) is 11.5. The Morgan fingerprint density at radius 2 is 0.936 bits per heavy atom. The van der Waals surface area contributed by atoms with E-state index in [1.165, 1.54) is 35.6 Å². The lowest BCUT2D eigenvalue weighted by Crippen LogP contribution is -2.01. The summed E-state index contributed by atoms with van der Waals surface area (Å²) in [4.78, 5) is 15.5. The molecule has 7 aromatic carbocycles. The summed E-state index contributed by atoms with van der Waals surface area (Å²) in [5, 5.41) is 10.0. The average Bonchev–Trinajstić information content (AvgIpc) is 3.67. The second-order valence-electron chi connectivity index (χ2n) is 11.7. The van der Waals surface area contributed by atoms with Gasteiger partial charge in [0.15, 0.2) is 17.5 Å². The molecular formula is C41H22ClN3S2. The number of halogens is 1. The van der Waals surface area contributed by atoms with Crippen molar-refractivity contribution in [3.8, 4) is 34.2 Å². The maximum Gasteiger partial charge on any atom is 0.165 e. The summed E-state index contributed by atoms with van der Waals surface area (Å²) in [6, 6.07) is 46.8. The van der Waals surface area contributed by atoms with Gasteiger partial charge in [-0.3, -0.25) is 0 Å². The quantitative estimate of drug-likeness (QED) is 0.190. The third kappa shape index (κ3) is 4.28. The summed E-state index contributed by atoms with van der Waals surface area (Å²) in [7, 11) is 0. The second-order valence-corrected chi connectivity index (χ2v) is 14.3. The van der Waals surface area contributed by atoms with Crippen LogP contribution in [0.5, 0.6) is 0 Å². The molecule has 0 aliphatic carbocycles. The van der Waals surface area contributed by atoms with E-state index in [0.29, 0.717) is 22.5 Å². The Balaban J connectivity index is 1.25. The predicted molar refractivity (Wildman–Crippen MR) is 202 cm³/mol. The molecule has 220 valence electrons. The molecule has 0 spiro atoms. The van der Waals surface area contributed by atoms with Crippen molar-refractivity contribution in [2.75, 3.05) is 0 Å². The fourth-order valence-electron chi connectivity index (χ4n) is 6.77. The number of rotatable bonds is 3. The fraction of sp³-hybridized carbons (Fsp3) is 0. The normalized spacial score (nSPS) is 11.9. The first-order valence-electron chi connectivity index (χ1n) is 15.4. The number of benzene rings is 7. The second kappa shape index (κ2) is 10.4. The van der Waals surface area contributed by atoms with Gasteiger partial charge in [0.1, 0.15) is 0 Å². The topological polar surface area (TPSA) is 38.7 Å². The zero-order valence-corrected chi connectivity index (χ0v) is 27.1. The molecule has 10 rings (SSSR count).